The summed E-state index contributed by atoms with van der Waals surface area (Å²) in [6.45, 7) is 3.31. The van der Waals surface area contributed by atoms with Crippen LogP contribution in [0.25, 0.3) is 16.6 Å². The Kier molecular flexibility index (Phi) is 6.24. The minimum Gasteiger partial charge on any atom is -0.382 e. The van der Waals surface area contributed by atoms with Gasteiger partial charge in [-0.05, 0) is 43.7 Å². The van der Waals surface area contributed by atoms with Gasteiger partial charge in [0.25, 0.3) is 12.0 Å². The maximum absolute atomic E-state index is 13.7. The topological polar surface area (TPSA) is 149 Å². The van der Waals surface area contributed by atoms with Crippen LogP contribution in [0.3, 0.4) is 0 Å². The van der Waals surface area contributed by atoms with E-state index in [1.54, 1.807) is 38.1 Å². The maximum atomic E-state index is 13.7. The lowest BCUT2D eigenvalue weighted by atomic mass is 10.1. The van der Waals surface area contributed by atoms with Gasteiger partial charge >= 0.3 is 0 Å². The third-order valence-electron chi connectivity index (χ3n) is 5.27. The van der Waals surface area contributed by atoms with Crippen LogP contribution in [0.1, 0.15) is 41.9 Å². The van der Waals surface area contributed by atoms with E-state index in [9.17, 15) is 18.8 Å². The van der Waals surface area contributed by atoms with Crippen LogP contribution < -0.4 is 22.3 Å². The molecule has 178 valence electrons. The summed E-state index contributed by atoms with van der Waals surface area (Å²) in [6.07, 6.45) is -2.74. The molecule has 5 N–H and O–H groups in total. The van der Waals surface area contributed by atoms with Crippen molar-refractivity contribution in [2.75, 3.05) is 16.8 Å². The Labute approximate surface area is 203 Å². The van der Waals surface area contributed by atoms with Crippen molar-refractivity contribution in [3.63, 3.8) is 0 Å². The summed E-state index contributed by atoms with van der Waals surface area (Å²) in [5, 5.41) is 12.8. The molecule has 4 rings (SSSR count). The molecule has 2 aromatic carbocycles. The predicted octanol–water partition coefficient (Wildman–Crippen LogP) is 4.28. The van der Waals surface area contributed by atoms with Gasteiger partial charge in [0, 0.05) is 5.56 Å². The minimum atomic E-state index is -2.74. The van der Waals surface area contributed by atoms with E-state index in [1.807, 2.05) is 6.07 Å². The smallest absolute Gasteiger partial charge is 0.267 e. The molecule has 1 atom stereocenters. The van der Waals surface area contributed by atoms with Crippen molar-refractivity contribution in [2.24, 2.45) is 0 Å². The Morgan fingerprint density at radius 3 is 2.60 bits per heavy atom. The van der Waals surface area contributed by atoms with Crippen LogP contribution in [0.4, 0.5) is 26.4 Å². The quantitative estimate of drug-likeness (QED) is 0.370. The normalized spacial score (nSPS) is 12.0. The molecule has 12 heteroatoms. The molecule has 0 aliphatic rings. The van der Waals surface area contributed by atoms with Gasteiger partial charge in [-0.25, -0.2) is 13.8 Å². The van der Waals surface area contributed by atoms with Crippen molar-refractivity contribution in [2.45, 2.75) is 26.3 Å². The number of rotatable bonds is 5. The number of hydrogen-bond donors (Lipinski definition) is 3. The van der Waals surface area contributed by atoms with Crippen LogP contribution in [-0.2, 0) is 0 Å². The van der Waals surface area contributed by atoms with Gasteiger partial charge in [-0.15, -0.1) is 0 Å². The SMILES string of the molecule is Cc1cc(C(F)F)cc(-n2c(C(C)Nc3nc(N)nc(N)c3C#N)nc3cccc(Cl)c3c2=O)c1. The number of fused-ring (bicyclic) bond motifs is 1. The molecular formula is C23H19ClF2N8O. The number of nitrogens with zero attached hydrogens (tertiary/aromatic N) is 5. The molecule has 4 aromatic rings. The number of aromatic nitrogens is 4. The Hall–Kier alpha value is -4.30. The first kappa shape index (κ1) is 23.8. The fourth-order valence-corrected chi connectivity index (χ4v) is 4.02. The molecule has 0 radical (unpaired) electrons. The van der Waals surface area contributed by atoms with E-state index in [1.165, 1.54) is 16.7 Å². The van der Waals surface area contributed by atoms with Gasteiger partial charge in [0.1, 0.15) is 23.3 Å². The third kappa shape index (κ3) is 4.43. The molecule has 2 heterocycles. The van der Waals surface area contributed by atoms with Gasteiger partial charge < -0.3 is 16.8 Å². The molecule has 9 nitrogen and oxygen atoms in total. The van der Waals surface area contributed by atoms with E-state index in [0.717, 1.165) is 0 Å². The maximum Gasteiger partial charge on any atom is 0.267 e. The monoisotopic (exact) mass is 496 g/mol. The summed E-state index contributed by atoms with van der Waals surface area (Å²) >= 11 is 6.30. The predicted molar refractivity (Wildman–Crippen MR) is 130 cm³/mol. The van der Waals surface area contributed by atoms with Crippen molar-refractivity contribution in [3.8, 4) is 11.8 Å². The van der Waals surface area contributed by atoms with Gasteiger partial charge in [0.05, 0.1) is 27.7 Å². The standard InChI is InChI=1S/C23H19ClF2N8O/c1-10-6-12(18(25)26)8-13(7-10)34-21(31-16-5-3-4-15(24)17(16)22(34)35)11(2)30-20-14(9-27)19(28)32-23(29)33-20/h3-8,11,18H,1-2H3,(H5,28,29,30,32,33). The number of alkyl halides is 2. The fraction of sp³-hybridized carbons (Fsp3) is 0.174. The zero-order valence-electron chi connectivity index (χ0n) is 18.6. The van der Waals surface area contributed by atoms with Crippen molar-refractivity contribution in [1.29, 1.82) is 5.26 Å². The van der Waals surface area contributed by atoms with E-state index < -0.39 is 18.0 Å². The highest BCUT2D eigenvalue weighted by atomic mass is 35.5. The molecular weight excluding hydrogens is 478 g/mol. The van der Waals surface area contributed by atoms with Crippen LogP contribution in [0.5, 0.6) is 0 Å². The number of halogens is 3. The zero-order chi connectivity index (χ0) is 25.4. The molecule has 0 amide bonds. The lowest BCUT2D eigenvalue weighted by molar-refractivity contribution is 0.151. The number of nitrogens with one attached hydrogen (secondary N) is 1. The van der Waals surface area contributed by atoms with Gasteiger partial charge in [-0.3, -0.25) is 9.36 Å². The Bertz CT molecular complexity index is 1560. The summed E-state index contributed by atoms with van der Waals surface area (Å²) in [4.78, 5) is 26.1. The van der Waals surface area contributed by atoms with Crippen molar-refractivity contribution >= 4 is 40.1 Å². The summed E-state index contributed by atoms with van der Waals surface area (Å²) in [6, 6.07) is 10.1. The average Bonchev–Trinajstić information content (AvgIpc) is 2.78. The summed E-state index contributed by atoms with van der Waals surface area (Å²) in [5.74, 6) is -0.0811. The van der Waals surface area contributed by atoms with E-state index >= 15 is 0 Å². The molecule has 0 saturated heterocycles. The molecule has 1 unspecified atom stereocenters. The highest BCUT2D eigenvalue weighted by Crippen LogP contribution is 2.29. The van der Waals surface area contributed by atoms with Crippen LogP contribution in [-0.4, -0.2) is 19.5 Å². The number of hydrogen-bond acceptors (Lipinski definition) is 8. The van der Waals surface area contributed by atoms with Crippen LogP contribution in [0, 0.1) is 18.3 Å². The van der Waals surface area contributed by atoms with E-state index in [-0.39, 0.29) is 50.6 Å². The molecule has 35 heavy (non-hydrogen) atoms. The number of benzene rings is 2. The Balaban J connectivity index is 1.99. The van der Waals surface area contributed by atoms with E-state index in [4.69, 9.17) is 23.1 Å². The van der Waals surface area contributed by atoms with Gasteiger partial charge in [-0.1, -0.05) is 23.7 Å². The second-order valence-electron chi connectivity index (χ2n) is 7.82. The summed E-state index contributed by atoms with van der Waals surface area (Å²) in [5.41, 5.74) is 11.7. The number of aryl methyl sites for hydroxylation is 1. The lowest BCUT2D eigenvalue weighted by Gasteiger charge is -2.21. The fourth-order valence-electron chi connectivity index (χ4n) is 3.77. The van der Waals surface area contributed by atoms with Gasteiger partial charge in [0.15, 0.2) is 5.82 Å². The average molecular weight is 497 g/mol. The Morgan fingerprint density at radius 1 is 1.17 bits per heavy atom. The molecule has 0 saturated carbocycles. The van der Waals surface area contributed by atoms with Crippen LogP contribution in [0.2, 0.25) is 5.02 Å². The van der Waals surface area contributed by atoms with Crippen LogP contribution in [0.15, 0.2) is 41.2 Å². The highest BCUT2D eigenvalue weighted by molar-refractivity contribution is 6.35. The van der Waals surface area contributed by atoms with E-state index in [2.05, 4.69) is 20.3 Å². The first-order valence-corrected chi connectivity index (χ1v) is 10.7. The number of nitriles is 1. The van der Waals surface area contributed by atoms with Crippen LogP contribution >= 0.6 is 11.6 Å². The minimum absolute atomic E-state index is 0.0366. The lowest BCUT2D eigenvalue weighted by Crippen LogP contribution is -2.28. The largest absolute Gasteiger partial charge is 0.382 e. The Morgan fingerprint density at radius 2 is 1.91 bits per heavy atom. The zero-order valence-corrected chi connectivity index (χ0v) is 19.3. The molecule has 0 spiro atoms. The molecule has 0 aliphatic heterocycles. The highest BCUT2D eigenvalue weighted by Gasteiger charge is 2.23. The number of nitrogen functional groups attached to an aromatic ring is 2. The van der Waals surface area contributed by atoms with Gasteiger partial charge in [-0.2, -0.15) is 15.2 Å². The van der Waals surface area contributed by atoms with Crippen molar-refractivity contribution < 1.29 is 8.78 Å². The second kappa shape index (κ2) is 9.15. The van der Waals surface area contributed by atoms with Gasteiger partial charge in [0.2, 0.25) is 5.95 Å². The summed E-state index contributed by atoms with van der Waals surface area (Å²) in [7, 11) is 0. The van der Waals surface area contributed by atoms with E-state index in [0.29, 0.717) is 11.1 Å². The molecule has 0 aliphatic carbocycles. The second-order valence-corrected chi connectivity index (χ2v) is 8.22. The van der Waals surface area contributed by atoms with Crippen molar-refractivity contribution in [1.82, 2.24) is 19.5 Å². The molecule has 2 aromatic heterocycles. The molecule has 0 bridgehead atoms. The first-order chi connectivity index (χ1) is 16.6. The van der Waals surface area contributed by atoms with Crippen molar-refractivity contribution in [3.05, 3.63) is 74.3 Å². The number of anilines is 3. The molecule has 0 fully saturated rings. The third-order valence-corrected chi connectivity index (χ3v) is 5.59. The first-order valence-electron chi connectivity index (χ1n) is 10.3. The summed E-state index contributed by atoms with van der Waals surface area (Å²) < 4.78 is 28.3. The number of nitrogens with two attached hydrogens (primary N) is 2.